The van der Waals surface area contributed by atoms with Crippen LogP contribution in [0, 0.1) is 5.92 Å². The molecular formula is C13H19BrClN. The second-order valence-corrected chi connectivity index (χ2v) is 6.30. The lowest BCUT2D eigenvalue weighted by atomic mass is 9.86. The van der Waals surface area contributed by atoms with E-state index in [-0.39, 0.29) is 5.54 Å². The van der Waals surface area contributed by atoms with E-state index in [0.717, 1.165) is 27.9 Å². The molecule has 0 bridgehead atoms. The van der Waals surface area contributed by atoms with Crippen molar-refractivity contribution in [1.82, 2.24) is 0 Å². The molecule has 1 rings (SSSR count). The third-order valence-electron chi connectivity index (χ3n) is 2.79. The molecule has 0 saturated heterocycles. The summed E-state index contributed by atoms with van der Waals surface area (Å²) >= 11 is 9.62. The van der Waals surface area contributed by atoms with Gasteiger partial charge in [0.2, 0.25) is 0 Å². The number of rotatable bonds is 4. The molecule has 1 aromatic carbocycles. The average Bonchev–Trinajstić information content (AvgIpc) is 2.14. The fourth-order valence-corrected chi connectivity index (χ4v) is 2.57. The predicted molar refractivity (Wildman–Crippen MR) is 74.8 cm³/mol. The highest BCUT2D eigenvalue weighted by molar-refractivity contribution is 9.10. The lowest BCUT2D eigenvalue weighted by Gasteiger charge is -2.27. The zero-order chi connectivity index (χ0) is 12.3. The van der Waals surface area contributed by atoms with Gasteiger partial charge >= 0.3 is 0 Å². The molecule has 90 valence electrons. The van der Waals surface area contributed by atoms with Gasteiger partial charge in [-0.2, -0.15) is 0 Å². The topological polar surface area (TPSA) is 26.0 Å². The van der Waals surface area contributed by atoms with Crippen LogP contribution in [0.25, 0.3) is 0 Å². The summed E-state index contributed by atoms with van der Waals surface area (Å²) in [4.78, 5) is 0. The molecule has 0 heterocycles. The summed E-state index contributed by atoms with van der Waals surface area (Å²) in [7, 11) is 0. The van der Waals surface area contributed by atoms with Gasteiger partial charge in [-0.25, -0.2) is 0 Å². The van der Waals surface area contributed by atoms with E-state index < -0.39 is 0 Å². The number of hydrogen-bond acceptors (Lipinski definition) is 1. The maximum atomic E-state index is 6.34. The van der Waals surface area contributed by atoms with Gasteiger partial charge in [-0.05, 0) is 43.4 Å². The van der Waals surface area contributed by atoms with Crippen molar-refractivity contribution in [3.63, 3.8) is 0 Å². The van der Waals surface area contributed by atoms with Gasteiger partial charge in [0.15, 0.2) is 0 Å². The first-order valence-corrected chi connectivity index (χ1v) is 6.74. The molecule has 0 aromatic heterocycles. The summed E-state index contributed by atoms with van der Waals surface area (Å²) in [6, 6.07) is 5.89. The maximum Gasteiger partial charge on any atom is 0.0467 e. The molecule has 16 heavy (non-hydrogen) atoms. The van der Waals surface area contributed by atoms with E-state index in [4.69, 9.17) is 17.3 Å². The first kappa shape index (κ1) is 14.0. The smallest absolute Gasteiger partial charge is 0.0467 e. The van der Waals surface area contributed by atoms with E-state index >= 15 is 0 Å². The van der Waals surface area contributed by atoms with Crippen LogP contribution < -0.4 is 5.73 Å². The fraction of sp³-hybridized carbons (Fsp3) is 0.538. The highest BCUT2D eigenvalue weighted by atomic mass is 79.9. The summed E-state index contributed by atoms with van der Waals surface area (Å²) in [6.07, 6.45) is 2.06. The van der Waals surface area contributed by atoms with Crippen molar-refractivity contribution >= 4 is 27.5 Å². The highest BCUT2D eigenvalue weighted by Crippen LogP contribution is 2.32. The Labute approximate surface area is 111 Å². The van der Waals surface area contributed by atoms with Gasteiger partial charge in [-0.1, -0.05) is 47.4 Å². The Morgan fingerprint density at radius 2 is 2.06 bits per heavy atom. The minimum absolute atomic E-state index is 0.345. The van der Waals surface area contributed by atoms with E-state index in [9.17, 15) is 0 Å². The van der Waals surface area contributed by atoms with Crippen LogP contribution in [0.15, 0.2) is 22.7 Å². The Balaban J connectivity index is 2.88. The van der Waals surface area contributed by atoms with Crippen LogP contribution in [0.1, 0.15) is 39.2 Å². The van der Waals surface area contributed by atoms with Gasteiger partial charge in [0.25, 0.3) is 0 Å². The zero-order valence-corrected chi connectivity index (χ0v) is 12.4. The molecule has 1 nitrogen and oxygen atoms in total. The van der Waals surface area contributed by atoms with Crippen LogP contribution in [0.3, 0.4) is 0 Å². The first-order valence-electron chi connectivity index (χ1n) is 5.57. The van der Waals surface area contributed by atoms with Crippen LogP contribution >= 0.6 is 27.5 Å². The molecule has 0 aliphatic rings. The summed E-state index contributed by atoms with van der Waals surface area (Å²) in [5.74, 6) is 0.664. The Kier molecular flexibility index (Phi) is 4.84. The predicted octanol–water partition coefficient (Wildman–Crippen LogP) is 4.71. The minimum Gasteiger partial charge on any atom is -0.322 e. The lowest BCUT2D eigenvalue weighted by Crippen LogP contribution is -2.33. The van der Waals surface area contributed by atoms with Crippen molar-refractivity contribution in [2.24, 2.45) is 11.7 Å². The van der Waals surface area contributed by atoms with E-state index in [2.05, 4.69) is 29.8 Å². The Morgan fingerprint density at radius 1 is 1.44 bits per heavy atom. The first-order chi connectivity index (χ1) is 7.33. The van der Waals surface area contributed by atoms with Crippen molar-refractivity contribution < 1.29 is 0 Å². The molecule has 1 unspecified atom stereocenters. The van der Waals surface area contributed by atoms with Gasteiger partial charge in [-0.15, -0.1) is 0 Å². The third-order valence-corrected chi connectivity index (χ3v) is 3.59. The van der Waals surface area contributed by atoms with E-state index in [1.54, 1.807) is 0 Å². The van der Waals surface area contributed by atoms with Gasteiger partial charge in [0.1, 0.15) is 0 Å². The molecule has 0 saturated carbocycles. The molecule has 2 N–H and O–H groups in total. The van der Waals surface area contributed by atoms with Crippen LogP contribution in [-0.4, -0.2) is 0 Å². The van der Waals surface area contributed by atoms with Gasteiger partial charge in [0.05, 0.1) is 0 Å². The number of nitrogens with two attached hydrogens (primary N) is 1. The molecule has 0 fully saturated rings. The normalized spacial score (nSPS) is 15.2. The zero-order valence-electron chi connectivity index (χ0n) is 10.1. The molecular weight excluding hydrogens is 286 g/mol. The van der Waals surface area contributed by atoms with Crippen molar-refractivity contribution in [2.45, 2.75) is 39.2 Å². The largest absolute Gasteiger partial charge is 0.322 e. The van der Waals surface area contributed by atoms with Crippen molar-refractivity contribution in [1.29, 1.82) is 0 Å². The second kappa shape index (κ2) is 5.52. The molecule has 1 atom stereocenters. The summed E-state index contributed by atoms with van der Waals surface area (Å²) in [6.45, 7) is 6.46. The van der Waals surface area contributed by atoms with Crippen LogP contribution in [0.5, 0.6) is 0 Å². The third kappa shape index (κ3) is 3.76. The van der Waals surface area contributed by atoms with E-state index in [0.29, 0.717) is 5.92 Å². The Morgan fingerprint density at radius 3 is 2.56 bits per heavy atom. The molecule has 0 aliphatic heterocycles. The Bertz CT molecular complexity index is 361. The lowest BCUT2D eigenvalue weighted by molar-refractivity contribution is 0.396. The summed E-state index contributed by atoms with van der Waals surface area (Å²) < 4.78 is 0.987. The maximum absolute atomic E-state index is 6.34. The molecule has 0 radical (unpaired) electrons. The van der Waals surface area contributed by atoms with Crippen molar-refractivity contribution in [3.8, 4) is 0 Å². The molecule has 1 aromatic rings. The van der Waals surface area contributed by atoms with Crippen LogP contribution in [0.4, 0.5) is 0 Å². The van der Waals surface area contributed by atoms with Crippen LogP contribution in [0.2, 0.25) is 5.02 Å². The SMILES string of the molecule is CC(C)CCC(C)(N)c1ccc(Br)cc1Cl. The van der Waals surface area contributed by atoms with Crippen molar-refractivity contribution in [2.75, 3.05) is 0 Å². The number of benzene rings is 1. The summed E-state index contributed by atoms with van der Waals surface area (Å²) in [5, 5.41) is 0.739. The van der Waals surface area contributed by atoms with E-state index in [1.165, 1.54) is 0 Å². The molecule has 3 heteroatoms. The highest BCUT2D eigenvalue weighted by Gasteiger charge is 2.23. The molecule has 0 amide bonds. The summed E-state index contributed by atoms with van der Waals surface area (Å²) in [5.41, 5.74) is 7.02. The number of hydrogen-bond donors (Lipinski definition) is 1. The average molecular weight is 305 g/mol. The fourth-order valence-electron chi connectivity index (χ4n) is 1.68. The second-order valence-electron chi connectivity index (χ2n) is 4.97. The van der Waals surface area contributed by atoms with Gasteiger partial charge < -0.3 is 5.73 Å². The Hall–Kier alpha value is -0.0500. The van der Waals surface area contributed by atoms with Crippen LogP contribution in [-0.2, 0) is 5.54 Å². The standard InChI is InChI=1S/C13H19BrClN/c1-9(2)6-7-13(3,16)11-5-4-10(14)8-12(11)15/h4-5,8-9H,6-7,16H2,1-3H3. The molecule has 0 aliphatic carbocycles. The van der Waals surface area contributed by atoms with Gasteiger partial charge in [0, 0.05) is 15.0 Å². The monoisotopic (exact) mass is 303 g/mol. The van der Waals surface area contributed by atoms with Crippen molar-refractivity contribution in [3.05, 3.63) is 33.3 Å². The number of halogens is 2. The quantitative estimate of drug-likeness (QED) is 0.856. The minimum atomic E-state index is -0.345. The van der Waals surface area contributed by atoms with E-state index in [1.807, 2.05) is 25.1 Å². The van der Waals surface area contributed by atoms with Gasteiger partial charge in [-0.3, -0.25) is 0 Å². The molecule has 0 spiro atoms.